The molecule has 4 aromatic rings. The monoisotopic (exact) mass is 493 g/mol. The fourth-order valence-corrected chi connectivity index (χ4v) is 5.88. The van der Waals surface area contributed by atoms with E-state index in [0.29, 0.717) is 0 Å². The number of allylic oxidation sites excluding steroid dienone is 4. The summed E-state index contributed by atoms with van der Waals surface area (Å²) in [7, 11) is 0. The van der Waals surface area contributed by atoms with Crippen LogP contribution in [-0.2, 0) is 0 Å². The van der Waals surface area contributed by atoms with Crippen molar-refractivity contribution >= 4 is 16.7 Å². The first-order chi connectivity index (χ1) is 18.1. The van der Waals surface area contributed by atoms with Crippen LogP contribution in [0.1, 0.15) is 72.7 Å². The maximum absolute atomic E-state index is 4.07. The highest BCUT2D eigenvalue weighted by Gasteiger charge is 2.31. The first-order valence-electron chi connectivity index (χ1n) is 13.6. The normalized spacial score (nSPS) is 15.6. The molecule has 0 spiro atoms. The molecule has 189 valence electrons. The van der Waals surface area contributed by atoms with Crippen LogP contribution in [0.25, 0.3) is 16.7 Å². The second-order valence-corrected chi connectivity index (χ2v) is 11.2. The lowest BCUT2D eigenvalue weighted by Crippen LogP contribution is -2.14. The summed E-state index contributed by atoms with van der Waals surface area (Å²) in [5.41, 5.74) is 18.7. The third-order valence-corrected chi connectivity index (χ3v) is 7.80. The van der Waals surface area contributed by atoms with Crippen LogP contribution in [0, 0.1) is 67.9 Å². The highest BCUT2D eigenvalue weighted by Crippen LogP contribution is 2.49. The van der Waals surface area contributed by atoms with Crippen LogP contribution in [-0.4, -0.2) is 0 Å². The molecule has 0 fully saturated rings. The molecule has 4 aromatic carbocycles. The van der Waals surface area contributed by atoms with Crippen LogP contribution in [0.3, 0.4) is 0 Å². The van der Waals surface area contributed by atoms with E-state index in [9.17, 15) is 0 Å². The van der Waals surface area contributed by atoms with Gasteiger partial charge in [0.1, 0.15) is 0 Å². The molecule has 0 heteroatoms. The Morgan fingerprint density at radius 2 is 0.868 bits per heavy atom. The van der Waals surface area contributed by atoms with Crippen molar-refractivity contribution in [3.8, 4) is 0 Å². The molecule has 0 N–H and O–H groups in total. The SMILES string of the molecule is Cc1ccc(C2=[C]C(c3ccc(C)cc3C)=C(c3ccc(C)cc3C)[C]C2c2ccc(C)cc2C)c(C)c1. The Morgan fingerprint density at radius 1 is 0.447 bits per heavy atom. The molecule has 0 aliphatic heterocycles. The lowest BCUT2D eigenvalue weighted by molar-refractivity contribution is 1.01. The van der Waals surface area contributed by atoms with Gasteiger partial charge in [0.15, 0.2) is 0 Å². The Hall–Kier alpha value is -3.64. The molecule has 1 unspecified atom stereocenters. The predicted octanol–water partition coefficient (Wildman–Crippen LogP) is 9.83. The van der Waals surface area contributed by atoms with Crippen LogP contribution in [0.4, 0.5) is 0 Å². The van der Waals surface area contributed by atoms with Gasteiger partial charge in [0.05, 0.1) is 0 Å². The van der Waals surface area contributed by atoms with Crippen molar-refractivity contribution < 1.29 is 0 Å². The minimum absolute atomic E-state index is 0.0118. The van der Waals surface area contributed by atoms with E-state index in [2.05, 4.69) is 141 Å². The van der Waals surface area contributed by atoms with Crippen molar-refractivity contribution in [3.63, 3.8) is 0 Å². The maximum atomic E-state index is 4.07. The fourth-order valence-electron chi connectivity index (χ4n) is 5.88. The Labute approximate surface area is 229 Å². The van der Waals surface area contributed by atoms with Crippen LogP contribution in [0.2, 0.25) is 0 Å². The van der Waals surface area contributed by atoms with E-state index in [1.54, 1.807) is 0 Å². The summed E-state index contributed by atoms with van der Waals surface area (Å²) in [4.78, 5) is 0. The maximum Gasteiger partial charge on any atom is 0.0306 e. The molecule has 0 saturated carbocycles. The summed E-state index contributed by atoms with van der Waals surface area (Å²) in [6.07, 6.45) is 8.09. The highest BCUT2D eigenvalue weighted by molar-refractivity contribution is 6.05. The molecule has 0 heterocycles. The van der Waals surface area contributed by atoms with Crippen LogP contribution in [0.5, 0.6) is 0 Å². The molecule has 0 nitrogen and oxygen atoms in total. The van der Waals surface area contributed by atoms with Gasteiger partial charge in [-0.25, -0.2) is 0 Å². The van der Waals surface area contributed by atoms with Gasteiger partial charge in [0.25, 0.3) is 0 Å². The average Bonchev–Trinajstić information content (AvgIpc) is 2.84. The molecule has 0 aromatic heterocycles. The van der Waals surface area contributed by atoms with Crippen molar-refractivity contribution in [3.05, 3.63) is 152 Å². The number of rotatable bonds is 4. The van der Waals surface area contributed by atoms with Gasteiger partial charge in [-0.1, -0.05) is 95.1 Å². The van der Waals surface area contributed by atoms with Gasteiger partial charge < -0.3 is 0 Å². The lowest BCUT2D eigenvalue weighted by atomic mass is 9.71. The van der Waals surface area contributed by atoms with Crippen molar-refractivity contribution in [2.24, 2.45) is 0 Å². The van der Waals surface area contributed by atoms with Crippen molar-refractivity contribution in [2.45, 2.75) is 61.3 Å². The molecule has 1 atom stereocenters. The first kappa shape index (κ1) is 26.0. The van der Waals surface area contributed by atoms with Gasteiger partial charge in [-0.2, -0.15) is 0 Å². The molecule has 1 aliphatic rings. The summed E-state index contributed by atoms with van der Waals surface area (Å²) >= 11 is 0. The Balaban J connectivity index is 1.84. The zero-order chi connectivity index (χ0) is 27.1. The Morgan fingerprint density at radius 3 is 1.34 bits per heavy atom. The number of benzene rings is 4. The fraction of sp³-hybridized carbons (Fsp3) is 0.237. The summed E-state index contributed by atoms with van der Waals surface area (Å²) in [6.45, 7) is 17.5. The van der Waals surface area contributed by atoms with E-state index in [-0.39, 0.29) is 5.92 Å². The van der Waals surface area contributed by atoms with Crippen molar-refractivity contribution in [1.29, 1.82) is 0 Å². The molecule has 0 saturated heterocycles. The summed E-state index contributed by atoms with van der Waals surface area (Å²) in [6, 6.07) is 27.1. The molecule has 1 aliphatic carbocycles. The zero-order valence-corrected chi connectivity index (χ0v) is 24.0. The van der Waals surface area contributed by atoms with Gasteiger partial charge in [0.2, 0.25) is 0 Å². The smallest absolute Gasteiger partial charge is 0.0306 e. The average molecular weight is 494 g/mol. The van der Waals surface area contributed by atoms with Gasteiger partial charge in [0, 0.05) is 12.3 Å². The third kappa shape index (κ3) is 4.93. The molecular weight excluding hydrogens is 456 g/mol. The Kier molecular flexibility index (Phi) is 7.01. The molecule has 38 heavy (non-hydrogen) atoms. The van der Waals surface area contributed by atoms with Crippen LogP contribution in [0.15, 0.2) is 72.8 Å². The predicted molar refractivity (Wildman–Crippen MR) is 163 cm³/mol. The van der Waals surface area contributed by atoms with Crippen LogP contribution >= 0.6 is 0 Å². The number of hydrogen-bond donors (Lipinski definition) is 0. The van der Waals surface area contributed by atoms with Crippen molar-refractivity contribution in [1.82, 2.24) is 0 Å². The van der Waals surface area contributed by atoms with E-state index in [1.165, 1.54) is 72.3 Å². The van der Waals surface area contributed by atoms with Gasteiger partial charge in [-0.15, -0.1) is 0 Å². The van der Waals surface area contributed by atoms with Crippen molar-refractivity contribution in [2.75, 3.05) is 0 Å². The molecule has 0 amide bonds. The molecule has 0 bridgehead atoms. The second-order valence-electron chi connectivity index (χ2n) is 11.2. The van der Waals surface area contributed by atoms with Gasteiger partial charge in [-0.05, 0) is 123 Å². The van der Waals surface area contributed by atoms with E-state index >= 15 is 0 Å². The number of aryl methyl sites for hydroxylation is 8. The zero-order valence-electron chi connectivity index (χ0n) is 24.0. The minimum atomic E-state index is -0.0118. The molecule has 3 radical (unpaired) electrons. The highest BCUT2D eigenvalue weighted by atomic mass is 14.3. The largest absolute Gasteiger partial charge is 0.0590 e. The topological polar surface area (TPSA) is 0 Å². The van der Waals surface area contributed by atoms with Crippen LogP contribution < -0.4 is 0 Å². The number of hydrogen-bond acceptors (Lipinski definition) is 0. The minimum Gasteiger partial charge on any atom is -0.0590 e. The summed E-state index contributed by atoms with van der Waals surface area (Å²) in [5, 5.41) is 0. The standard InChI is InChI=1S/C38H37/c1-23-9-13-31(27(5)17-23)35-21-37(33-15-11-25(3)19-29(33)7)38(34-16-12-26(4)20-30(34)8)22-36(35)32-14-10-24(2)18-28(32)6/h9-20,35H,1-8H3. The quantitative estimate of drug-likeness (QED) is 0.265. The first-order valence-corrected chi connectivity index (χ1v) is 13.6. The van der Waals surface area contributed by atoms with Gasteiger partial charge in [-0.3, -0.25) is 0 Å². The lowest BCUT2D eigenvalue weighted by Gasteiger charge is -2.31. The molecule has 5 rings (SSSR count). The van der Waals surface area contributed by atoms with E-state index in [1.807, 2.05) is 0 Å². The Bertz CT molecular complexity index is 1610. The van der Waals surface area contributed by atoms with Gasteiger partial charge >= 0.3 is 0 Å². The molecular formula is C38H37. The summed E-state index contributed by atoms with van der Waals surface area (Å²) in [5.74, 6) is -0.0118. The van der Waals surface area contributed by atoms with E-state index in [4.69, 9.17) is 0 Å². The van der Waals surface area contributed by atoms with E-state index < -0.39 is 0 Å². The third-order valence-electron chi connectivity index (χ3n) is 7.80. The van der Waals surface area contributed by atoms with E-state index in [0.717, 1.165) is 11.1 Å². The second kappa shape index (κ2) is 10.3. The summed E-state index contributed by atoms with van der Waals surface area (Å²) < 4.78 is 0.